The average molecular weight is 482 g/mol. The van der Waals surface area contributed by atoms with Crippen LogP contribution in [0.4, 0.5) is 0 Å². The van der Waals surface area contributed by atoms with Gasteiger partial charge in [-0.1, -0.05) is 23.9 Å². The molecule has 1 amide bonds. The van der Waals surface area contributed by atoms with Crippen molar-refractivity contribution in [2.75, 3.05) is 38.6 Å². The van der Waals surface area contributed by atoms with Crippen LogP contribution < -0.4 is 5.32 Å². The zero-order valence-electron chi connectivity index (χ0n) is 18.1. The zero-order chi connectivity index (χ0) is 23.1. The third-order valence-corrected chi connectivity index (χ3v) is 7.83. The van der Waals surface area contributed by atoms with Gasteiger partial charge in [0.15, 0.2) is 10.9 Å². The quantitative estimate of drug-likeness (QED) is 0.393. The van der Waals surface area contributed by atoms with E-state index >= 15 is 0 Å². The first kappa shape index (κ1) is 24.4. The fourth-order valence-corrected chi connectivity index (χ4v) is 5.56. The monoisotopic (exact) mass is 481 g/mol. The van der Waals surface area contributed by atoms with Crippen LogP contribution in [-0.4, -0.2) is 77.8 Å². The molecule has 1 fully saturated rings. The number of nitrogens with zero attached hydrogens (tertiary/aromatic N) is 4. The standard InChI is InChI=1S/C20H27N5O5S2/c1-3-25-19(8-9-21-15(2)26)22-23-20(25)31-14-18(27)16-4-6-17(7-5-16)32(28,29)24-10-12-30-13-11-24/h4-7H,3,8-14H2,1-2H3,(H,21,26). The molecule has 2 aromatic rings. The summed E-state index contributed by atoms with van der Waals surface area (Å²) in [7, 11) is -3.59. The number of ketones is 1. The number of thioether (sulfide) groups is 1. The maximum absolute atomic E-state index is 12.7. The van der Waals surface area contributed by atoms with Gasteiger partial charge in [0.25, 0.3) is 0 Å². The second-order valence-electron chi connectivity index (χ2n) is 7.13. The van der Waals surface area contributed by atoms with E-state index in [1.54, 1.807) is 12.1 Å². The summed E-state index contributed by atoms with van der Waals surface area (Å²) in [6, 6.07) is 6.02. The Bertz CT molecular complexity index is 1050. The summed E-state index contributed by atoms with van der Waals surface area (Å²) in [5.41, 5.74) is 0.437. The van der Waals surface area contributed by atoms with Gasteiger partial charge in [-0.05, 0) is 19.1 Å². The van der Waals surface area contributed by atoms with Crippen LogP contribution in [0.3, 0.4) is 0 Å². The van der Waals surface area contributed by atoms with Gasteiger partial charge in [0.05, 0.1) is 23.9 Å². The Kier molecular flexibility index (Phi) is 8.40. The second-order valence-corrected chi connectivity index (χ2v) is 10.0. The van der Waals surface area contributed by atoms with Crippen molar-refractivity contribution in [2.45, 2.75) is 36.9 Å². The van der Waals surface area contributed by atoms with Crippen LogP contribution in [0.1, 0.15) is 30.0 Å². The molecule has 174 valence electrons. The zero-order valence-corrected chi connectivity index (χ0v) is 19.7. The lowest BCUT2D eigenvalue weighted by molar-refractivity contribution is -0.118. The Labute approximate surface area is 191 Å². The first-order valence-corrected chi connectivity index (χ1v) is 12.8. The van der Waals surface area contributed by atoms with Crippen LogP contribution in [0.15, 0.2) is 34.3 Å². The van der Waals surface area contributed by atoms with Crippen molar-refractivity contribution < 1.29 is 22.7 Å². The van der Waals surface area contributed by atoms with E-state index in [1.165, 1.54) is 35.1 Å². The molecule has 2 heterocycles. The van der Waals surface area contributed by atoms with Crippen LogP contribution in [0.2, 0.25) is 0 Å². The Morgan fingerprint density at radius 3 is 2.47 bits per heavy atom. The highest BCUT2D eigenvalue weighted by molar-refractivity contribution is 7.99. The summed E-state index contributed by atoms with van der Waals surface area (Å²) in [5.74, 6) is 0.667. The average Bonchev–Trinajstić information content (AvgIpc) is 3.19. The molecule has 0 bridgehead atoms. The second kappa shape index (κ2) is 11.0. The lowest BCUT2D eigenvalue weighted by Crippen LogP contribution is -2.40. The van der Waals surface area contributed by atoms with E-state index < -0.39 is 10.0 Å². The number of ether oxygens (including phenoxy) is 1. The summed E-state index contributed by atoms with van der Waals surface area (Å²) in [6.45, 7) is 5.94. The summed E-state index contributed by atoms with van der Waals surface area (Å²) in [5, 5.41) is 11.7. The number of carbonyl (C=O) groups is 2. The molecule has 0 unspecified atom stereocenters. The van der Waals surface area contributed by atoms with Gasteiger partial charge < -0.3 is 14.6 Å². The van der Waals surface area contributed by atoms with E-state index in [2.05, 4.69) is 15.5 Å². The first-order chi connectivity index (χ1) is 15.3. The number of amides is 1. The molecule has 0 spiro atoms. The van der Waals surface area contributed by atoms with E-state index in [0.717, 1.165) is 5.82 Å². The van der Waals surface area contributed by atoms with Gasteiger partial charge in [-0.2, -0.15) is 4.31 Å². The number of Topliss-reactive ketones (excluding diaryl/α,β-unsaturated/α-hetero) is 1. The van der Waals surface area contributed by atoms with Gasteiger partial charge in [-0.3, -0.25) is 9.59 Å². The molecule has 1 aromatic heterocycles. The fourth-order valence-electron chi connectivity index (χ4n) is 3.24. The molecule has 32 heavy (non-hydrogen) atoms. The molecular weight excluding hydrogens is 454 g/mol. The van der Waals surface area contributed by atoms with Gasteiger partial charge >= 0.3 is 0 Å². The largest absolute Gasteiger partial charge is 0.379 e. The molecule has 0 aliphatic carbocycles. The molecule has 3 rings (SSSR count). The third-order valence-electron chi connectivity index (χ3n) is 4.95. The molecule has 12 heteroatoms. The van der Waals surface area contributed by atoms with Crippen molar-refractivity contribution >= 4 is 33.5 Å². The van der Waals surface area contributed by atoms with Crippen LogP contribution >= 0.6 is 11.8 Å². The number of aromatic nitrogens is 3. The lowest BCUT2D eigenvalue weighted by atomic mass is 10.1. The van der Waals surface area contributed by atoms with E-state index in [9.17, 15) is 18.0 Å². The third kappa shape index (κ3) is 5.94. The number of carbonyl (C=O) groups excluding carboxylic acids is 2. The van der Waals surface area contributed by atoms with Crippen molar-refractivity contribution in [3.8, 4) is 0 Å². The molecular formula is C20H27N5O5S2. The normalized spacial score (nSPS) is 14.9. The molecule has 1 N–H and O–H groups in total. The van der Waals surface area contributed by atoms with Crippen LogP contribution in [0.25, 0.3) is 0 Å². The summed E-state index contributed by atoms with van der Waals surface area (Å²) in [4.78, 5) is 23.8. The van der Waals surface area contributed by atoms with E-state index in [0.29, 0.717) is 56.5 Å². The number of hydrogen-bond donors (Lipinski definition) is 1. The molecule has 0 saturated carbocycles. The predicted octanol–water partition coefficient (Wildman–Crippen LogP) is 0.973. The Morgan fingerprint density at radius 2 is 1.84 bits per heavy atom. The Hall–Kier alpha value is -2.28. The van der Waals surface area contributed by atoms with Gasteiger partial charge in [0, 0.05) is 45.1 Å². The topological polar surface area (TPSA) is 123 Å². The molecule has 0 atom stereocenters. The number of benzene rings is 1. The minimum absolute atomic E-state index is 0.100. The smallest absolute Gasteiger partial charge is 0.243 e. The fraction of sp³-hybridized carbons (Fsp3) is 0.500. The van der Waals surface area contributed by atoms with Crippen molar-refractivity contribution in [3.05, 3.63) is 35.7 Å². The highest BCUT2D eigenvalue weighted by Crippen LogP contribution is 2.21. The highest BCUT2D eigenvalue weighted by Gasteiger charge is 2.26. The number of morpholine rings is 1. The molecule has 1 aliphatic rings. The summed E-state index contributed by atoms with van der Waals surface area (Å²) >= 11 is 1.28. The van der Waals surface area contributed by atoms with Crippen LogP contribution in [0.5, 0.6) is 0 Å². The van der Waals surface area contributed by atoms with Gasteiger partial charge in [-0.15, -0.1) is 10.2 Å². The molecule has 1 aromatic carbocycles. The van der Waals surface area contributed by atoms with Crippen molar-refractivity contribution in [1.82, 2.24) is 24.4 Å². The highest BCUT2D eigenvalue weighted by atomic mass is 32.2. The maximum atomic E-state index is 12.7. The number of hydrogen-bond acceptors (Lipinski definition) is 8. The van der Waals surface area contributed by atoms with Crippen LogP contribution in [0, 0.1) is 0 Å². The minimum Gasteiger partial charge on any atom is -0.379 e. The number of nitrogens with one attached hydrogen (secondary N) is 1. The van der Waals surface area contributed by atoms with Gasteiger partial charge in [0.1, 0.15) is 5.82 Å². The Morgan fingerprint density at radius 1 is 1.16 bits per heavy atom. The van der Waals surface area contributed by atoms with E-state index in [4.69, 9.17) is 4.74 Å². The van der Waals surface area contributed by atoms with Crippen molar-refractivity contribution in [1.29, 1.82) is 0 Å². The first-order valence-electron chi connectivity index (χ1n) is 10.3. The number of rotatable bonds is 10. The molecule has 1 aliphatic heterocycles. The summed E-state index contributed by atoms with van der Waals surface area (Å²) in [6.07, 6.45) is 0.550. The number of sulfonamides is 1. The molecule has 1 saturated heterocycles. The van der Waals surface area contributed by atoms with Crippen molar-refractivity contribution in [3.63, 3.8) is 0 Å². The van der Waals surface area contributed by atoms with E-state index in [1.807, 2.05) is 11.5 Å². The van der Waals surface area contributed by atoms with Crippen molar-refractivity contribution in [2.24, 2.45) is 0 Å². The minimum atomic E-state index is -3.59. The maximum Gasteiger partial charge on any atom is 0.243 e. The van der Waals surface area contributed by atoms with Gasteiger partial charge in [-0.25, -0.2) is 8.42 Å². The Balaban J connectivity index is 1.60. The lowest BCUT2D eigenvalue weighted by Gasteiger charge is -2.26. The van der Waals surface area contributed by atoms with E-state index in [-0.39, 0.29) is 22.3 Å². The SMILES string of the molecule is CCn1c(CCNC(C)=O)nnc1SCC(=O)c1ccc(S(=O)(=O)N2CCOCC2)cc1. The van der Waals surface area contributed by atoms with Gasteiger partial charge in [0.2, 0.25) is 15.9 Å². The van der Waals surface area contributed by atoms with Crippen LogP contribution in [-0.2, 0) is 32.5 Å². The molecule has 0 radical (unpaired) electrons. The molecule has 10 nitrogen and oxygen atoms in total. The predicted molar refractivity (Wildman–Crippen MR) is 119 cm³/mol. The summed E-state index contributed by atoms with van der Waals surface area (Å²) < 4.78 is 33.9.